The SMILES string of the molecule is COc1ccccc1C(O)c1ccccn1.COc1ccccc1NCc1ccccc1O.CSCCCNc1ccccc1Sc1ccc(C)cc1.Cc1cc(C)c(NCc2cccc(-c3cccc4ccccc34)n2)c(C)c1.Cc1ccccc1Oc1ccccc1NCc1ccccc1O.O=C(O)c1cc(C(F)(F)F)ccc1Sc1ccc(C(F)(F)F)cc1C(=O)O.OCc1ccccc1Oc1ccccc1CO. The molecule has 1 atom stereocenters. The fourth-order valence-corrected chi connectivity index (χ4v) is 17.3. The van der Waals surface area contributed by atoms with E-state index < -0.39 is 52.6 Å². The Kier molecular flexibility index (Phi) is 42.9. The highest BCUT2D eigenvalue weighted by Gasteiger charge is 2.34. The number of halogens is 6. The first-order valence-electron chi connectivity index (χ1n) is 46.6. The van der Waals surface area contributed by atoms with E-state index in [1.165, 1.54) is 71.9 Å². The number of anilines is 4. The Hall–Kier alpha value is -15.7. The maximum absolute atomic E-state index is 12.7. The molecule has 0 aliphatic heterocycles. The maximum Gasteiger partial charge on any atom is 0.416 e. The minimum absolute atomic E-state index is 0.0720. The van der Waals surface area contributed by atoms with Crippen molar-refractivity contribution in [2.75, 3.05) is 54.0 Å². The Morgan fingerprint density at radius 3 is 1.41 bits per heavy atom. The van der Waals surface area contributed by atoms with Gasteiger partial charge in [-0.1, -0.05) is 259 Å². The van der Waals surface area contributed by atoms with Gasteiger partial charge in [0.1, 0.15) is 46.4 Å². The van der Waals surface area contributed by atoms with E-state index >= 15 is 0 Å². The molecule has 11 N–H and O–H groups in total. The molecule has 0 aliphatic carbocycles. The summed E-state index contributed by atoms with van der Waals surface area (Å²) in [6.45, 7) is 13.3. The van der Waals surface area contributed by atoms with Crippen molar-refractivity contribution in [2.24, 2.45) is 0 Å². The number of aliphatic hydroxyl groups excluding tert-OH is 3. The largest absolute Gasteiger partial charge is 0.508 e. The first-order chi connectivity index (χ1) is 70.9. The standard InChI is InChI=1S/C25H24N2.C20H19NO2.C17H21NS2.C16H8F6O4S.C14H15NO2.C14H14O3.C13H13NO2/c1-17-14-18(2)25(19(3)15-17)26-16-21-10-7-13-24(27-21)23-12-6-9-20-8-4-5-11-22(20)23;1-15-8-2-6-12-19(15)23-20-13-7-4-10-17(20)21-14-16-9-3-5-11-18(16)22;1-14-8-10-15(11-9-14)20-17-7-4-3-6-16(17)18-12-5-13-19-2;17-15(18,19)7-1-3-11(9(5-7)13(23)24)27-12-4-2-8(16(20,21)22)6-10(12)14(25)26;1-17-14-9-5-3-7-12(14)15-10-11-6-2-4-8-13(11)16;15-9-11-5-1-3-7-13(11)17-14-8-4-2-6-12(14)10-16;1-16-12-8-3-2-6-10(12)13(15)11-7-4-5-9-14-11/h4-15,26H,16H2,1-3H3;2-13,21-22H,14H2,1H3;3-4,6-11,18H,5,12-13H2,1-2H3;1-6H,(H,23,24)(H,25,26);2-9,15-16H,10H2,1H3;1-8,15-16H,9-10H2;2-9,13,15H,1H3. The summed E-state index contributed by atoms with van der Waals surface area (Å²) < 4.78 is 98.6. The van der Waals surface area contributed by atoms with Gasteiger partial charge in [-0.05, 0) is 226 Å². The third-order valence-corrected chi connectivity index (χ3v) is 25.3. The summed E-state index contributed by atoms with van der Waals surface area (Å²) in [5.74, 6) is 2.67. The molecule has 28 heteroatoms. The molecule has 17 aromatic rings. The first kappa shape index (κ1) is 112. The average molecular weight is 2050 g/mol. The van der Waals surface area contributed by atoms with Gasteiger partial charge < -0.3 is 76.0 Å². The summed E-state index contributed by atoms with van der Waals surface area (Å²) in [5.41, 5.74) is 14.2. The second-order valence-electron chi connectivity index (χ2n) is 33.0. The molecule has 19 nitrogen and oxygen atoms in total. The number of alkyl halides is 6. The zero-order valence-electron chi connectivity index (χ0n) is 82.0. The van der Waals surface area contributed by atoms with E-state index in [4.69, 9.17) is 34.1 Å². The quantitative estimate of drug-likeness (QED) is 0.0142. The normalized spacial score (nSPS) is 10.9. The Balaban J connectivity index is 0.000000164. The van der Waals surface area contributed by atoms with Gasteiger partial charge in [0.05, 0.1) is 84.7 Å². The third kappa shape index (κ3) is 34.0. The highest BCUT2D eigenvalue weighted by molar-refractivity contribution is 7.99. The lowest BCUT2D eigenvalue weighted by Gasteiger charge is -2.14. The van der Waals surface area contributed by atoms with Gasteiger partial charge in [-0.25, -0.2) is 9.59 Å². The number of carbonyl (C=O) groups is 2. The van der Waals surface area contributed by atoms with E-state index in [2.05, 4.69) is 182 Å². The molecule has 2 heterocycles. The van der Waals surface area contributed by atoms with Crippen LogP contribution in [0.15, 0.2) is 396 Å². The number of nitrogens with zero attached hydrogens (tertiary/aromatic N) is 2. The molecule has 0 radical (unpaired) electrons. The van der Waals surface area contributed by atoms with Crippen molar-refractivity contribution in [3.63, 3.8) is 0 Å². The molecule has 0 saturated heterocycles. The molecule has 17 rings (SSSR count). The summed E-state index contributed by atoms with van der Waals surface area (Å²) in [4.78, 5) is 33.6. The molecule has 0 bridgehead atoms. The van der Waals surface area contributed by atoms with Gasteiger partial charge in [-0.2, -0.15) is 38.1 Å². The Labute approximate surface area is 864 Å². The number of pyridine rings is 2. The van der Waals surface area contributed by atoms with Crippen LogP contribution in [-0.4, -0.2) is 90.4 Å². The maximum atomic E-state index is 12.7. The number of thioether (sulfide) groups is 1. The van der Waals surface area contributed by atoms with Crippen LogP contribution in [0.5, 0.6) is 46.0 Å². The molecule has 0 saturated carbocycles. The smallest absolute Gasteiger partial charge is 0.416 e. The zero-order chi connectivity index (χ0) is 105. The van der Waals surface area contributed by atoms with Crippen LogP contribution >= 0.6 is 35.3 Å². The number of para-hydroxylation sites is 11. The summed E-state index contributed by atoms with van der Waals surface area (Å²) in [6.07, 6.45) is -5.33. The number of fused-ring (bicyclic) bond motifs is 1. The van der Waals surface area contributed by atoms with Gasteiger partial charge >= 0.3 is 24.3 Å². The van der Waals surface area contributed by atoms with Gasteiger partial charge in [0.15, 0.2) is 5.75 Å². The number of nitrogens with one attached hydrogen (secondary N) is 4. The van der Waals surface area contributed by atoms with E-state index in [1.54, 1.807) is 62.9 Å². The topological polar surface area (TPSA) is 287 Å². The van der Waals surface area contributed by atoms with Gasteiger partial charge in [-0.15, -0.1) is 0 Å². The monoisotopic (exact) mass is 2040 g/mol. The number of phenols is 2. The predicted molar refractivity (Wildman–Crippen MR) is 577 cm³/mol. The van der Waals surface area contributed by atoms with Crippen molar-refractivity contribution in [1.29, 1.82) is 0 Å². The summed E-state index contributed by atoms with van der Waals surface area (Å²) >= 11 is 4.16. The molecule has 147 heavy (non-hydrogen) atoms. The predicted octanol–water partition coefficient (Wildman–Crippen LogP) is 29.8. The molecule has 0 fully saturated rings. The number of hydrogen-bond donors (Lipinski definition) is 11. The lowest BCUT2D eigenvalue weighted by atomic mass is 10.0. The molecule has 2 aromatic heterocycles. The Bertz CT molecular complexity index is 6990. The molecule has 1 unspecified atom stereocenters. The van der Waals surface area contributed by atoms with Crippen molar-refractivity contribution in [3.8, 4) is 57.3 Å². The van der Waals surface area contributed by atoms with E-state index in [1.807, 2.05) is 200 Å². The number of aromatic carboxylic acids is 2. The lowest BCUT2D eigenvalue weighted by molar-refractivity contribution is -0.138. The van der Waals surface area contributed by atoms with E-state index in [0.717, 1.165) is 92.1 Å². The number of aromatic nitrogens is 2. The zero-order valence-corrected chi connectivity index (χ0v) is 84.4. The molecule has 15 aromatic carbocycles. The number of carboxylic acid groups (broad SMARTS) is 2. The van der Waals surface area contributed by atoms with Crippen LogP contribution in [0.25, 0.3) is 22.0 Å². The summed E-state index contributed by atoms with van der Waals surface area (Å²) in [7, 11) is 3.23. The number of rotatable bonds is 31. The number of carboxylic acids is 2. The number of aryl methyl sites for hydroxylation is 5. The van der Waals surface area contributed by atoms with Crippen LogP contribution in [0.2, 0.25) is 0 Å². The number of methoxy groups -OCH3 is 2. The van der Waals surface area contributed by atoms with Crippen molar-refractivity contribution >= 4 is 80.7 Å². The number of benzene rings is 15. The average Bonchev–Trinajstić information content (AvgIpc) is 0.801. The van der Waals surface area contributed by atoms with Crippen molar-refractivity contribution in [1.82, 2.24) is 9.97 Å². The molecular formula is C119H114F6N6O13S3. The van der Waals surface area contributed by atoms with Crippen molar-refractivity contribution in [2.45, 2.75) is 112 Å². The van der Waals surface area contributed by atoms with Gasteiger partial charge in [0.25, 0.3) is 0 Å². The summed E-state index contributed by atoms with van der Waals surface area (Å²) in [5, 5.41) is 82.5. The number of hydrogen-bond acceptors (Lipinski definition) is 20. The highest BCUT2D eigenvalue weighted by Crippen LogP contribution is 2.42. The molecule has 0 spiro atoms. The van der Waals surface area contributed by atoms with Gasteiger partial charge in [-0.3, -0.25) is 9.97 Å². The highest BCUT2D eigenvalue weighted by atomic mass is 32.2. The van der Waals surface area contributed by atoms with E-state index in [-0.39, 0.29) is 28.8 Å². The Morgan fingerprint density at radius 2 is 0.878 bits per heavy atom. The molecule has 0 aliphatic rings. The first-order valence-corrected chi connectivity index (χ1v) is 49.6. The van der Waals surface area contributed by atoms with Crippen molar-refractivity contribution < 1.29 is 90.6 Å². The van der Waals surface area contributed by atoms with E-state index in [9.17, 15) is 61.5 Å². The van der Waals surface area contributed by atoms with E-state index in [0.29, 0.717) is 84.4 Å². The third-order valence-electron chi connectivity index (χ3n) is 22.4. The Morgan fingerprint density at radius 1 is 0.408 bits per heavy atom. The number of phenolic OH excluding ortho intramolecular Hbond substituents is 2. The molecule has 0 amide bonds. The lowest BCUT2D eigenvalue weighted by Crippen LogP contribution is -2.09. The fourth-order valence-electron chi connectivity index (χ4n) is 14.9. The van der Waals surface area contributed by atoms with Crippen LogP contribution < -0.4 is 40.2 Å². The number of aromatic hydroxyl groups is 2. The van der Waals surface area contributed by atoms with Gasteiger partial charge in [0.2, 0.25) is 0 Å². The van der Waals surface area contributed by atoms with Crippen LogP contribution in [0.4, 0.5) is 49.1 Å². The number of ether oxygens (including phenoxy) is 4. The minimum Gasteiger partial charge on any atom is -0.508 e. The molecule has 758 valence electrons. The molecular weight excluding hydrogens is 1930 g/mol. The second-order valence-corrected chi connectivity index (χ2v) is 36.2. The van der Waals surface area contributed by atoms with Crippen LogP contribution in [0, 0.1) is 34.6 Å². The number of aliphatic hydroxyl groups is 3. The van der Waals surface area contributed by atoms with Gasteiger partial charge in [0, 0.05) is 90.2 Å². The van der Waals surface area contributed by atoms with Crippen LogP contribution in [0.3, 0.4) is 0 Å². The van der Waals surface area contributed by atoms with Crippen LogP contribution in [0.1, 0.15) is 111 Å². The minimum atomic E-state index is -4.80. The summed E-state index contributed by atoms with van der Waals surface area (Å²) in [6, 6.07) is 112. The second kappa shape index (κ2) is 56.5. The van der Waals surface area contributed by atoms with Crippen LogP contribution in [-0.2, 0) is 45.2 Å². The van der Waals surface area contributed by atoms with Crippen molar-refractivity contribution in [3.05, 3.63) is 466 Å². The fraction of sp³-hybridized carbons (Fsp3) is 0.160.